The molecule has 2 aromatic carbocycles. The molecule has 0 fully saturated rings. The number of hydrogen-bond acceptors (Lipinski definition) is 6. The van der Waals surface area contributed by atoms with Gasteiger partial charge in [-0.25, -0.2) is 14.8 Å². The predicted molar refractivity (Wildman–Crippen MR) is 107 cm³/mol. The fourth-order valence-corrected chi connectivity index (χ4v) is 2.58. The molecule has 0 radical (unpaired) electrons. The van der Waals surface area contributed by atoms with Gasteiger partial charge in [0.05, 0.1) is 17.9 Å². The molecule has 1 amide bonds. The van der Waals surface area contributed by atoms with Gasteiger partial charge in [0.15, 0.2) is 0 Å². The Balaban J connectivity index is 1.83. The topological polar surface area (TPSA) is 84.4 Å². The van der Waals surface area contributed by atoms with Crippen LogP contribution in [-0.4, -0.2) is 35.5 Å². The maximum atomic E-state index is 12.7. The Hall–Kier alpha value is -3.74. The summed E-state index contributed by atoms with van der Waals surface area (Å²) in [5.41, 5.74) is 1.86. The van der Waals surface area contributed by atoms with E-state index >= 15 is 0 Å². The summed E-state index contributed by atoms with van der Waals surface area (Å²) < 4.78 is 5.07. The van der Waals surface area contributed by atoms with Crippen molar-refractivity contribution in [3.63, 3.8) is 0 Å². The Morgan fingerprint density at radius 1 is 1.04 bits per heavy atom. The van der Waals surface area contributed by atoms with E-state index in [1.54, 1.807) is 44.3 Å². The molecule has 0 aliphatic heterocycles. The van der Waals surface area contributed by atoms with Crippen LogP contribution in [0.5, 0.6) is 0 Å². The number of para-hydroxylation sites is 2. The second kappa shape index (κ2) is 8.77. The average Bonchev–Trinajstić information content (AvgIpc) is 2.74. The minimum Gasteiger partial charge on any atom is -0.462 e. The van der Waals surface area contributed by atoms with Crippen molar-refractivity contribution in [3.05, 3.63) is 78.1 Å². The molecular weight excluding hydrogens is 356 g/mol. The van der Waals surface area contributed by atoms with Gasteiger partial charge in [0.1, 0.15) is 5.69 Å². The molecule has 1 N–H and O–H groups in total. The third-order valence-corrected chi connectivity index (χ3v) is 3.99. The molecule has 7 heteroatoms. The molecule has 28 heavy (non-hydrogen) atoms. The third kappa shape index (κ3) is 4.32. The van der Waals surface area contributed by atoms with Crippen LogP contribution < -0.4 is 10.2 Å². The SMILES string of the molecule is CCOC(=O)c1ccccc1Nc1nccc(C(=O)N(C)c2ccccc2)n1. The molecule has 0 bridgehead atoms. The van der Waals surface area contributed by atoms with Crippen LogP contribution in [-0.2, 0) is 4.74 Å². The van der Waals surface area contributed by atoms with E-state index in [1.165, 1.54) is 11.1 Å². The highest BCUT2D eigenvalue weighted by Crippen LogP contribution is 2.20. The van der Waals surface area contributed by atoms with Crippen LogP contribution in [0.2, 0.25) is 0 Å². The van der Waals surface area contributed by atoms with Gasteiger partial charge in [-0.1, -0.05) is 30.3 Å². The van der Waals surface area contributed by atoms with Gasteiger partial charge in [-0.3, -0.25) is 4.79 Å². The van der Waals surface area contributed by atoms with Gasteiger partial charge in [-0.2, -0.15) is 0 Å². The fraction of sp³-hybridized carbons (Fsp3) is 0.143. The zero-order chi connectivity index (χ0) is 19.9. The first kappa shape index (κ1) is 19.0. The molecule has 142 valence electrons. The van der Waals surface area contributed by atoms with Crippen LogP contribution in [0.3, 0.4) is 0 Å². The van der Waals surface area contributed by atoms with Crippen LogP contribution >= 0.6 is 0 Å². The molecule has 7 nitrogen and oxygen atoms in total. The number of hydrogen-bond donors (Lipinski definition) is 1. The number of anilines is 3. The van der Waals surface area contributed by atoms with Crippen LogP contribution in [0.25, 0.3) is 0 Å². The van der Waals surface area contributed by atoms with Crippen molar-refractivity contribution < 1.29 is 14.3 Å². The molecule has 0 aliphatic rings. The number of carbonyl (C=O) groups is 2. The Bertz CT molecular complexity index is 976. The Kier molecular flexibility index (Phi) is 5.96. The van der Waals surface area contributed by atoms with Gasteiger partial charge in [0.25, 0.3) is 5.91 Å². The van der Waals surface area contributed by atoms with E-state index in [4.69, 9.17) is 4.74 Å². The van der Waals surface area contributed by atoms with Crippen molar-refractivity contribution in [2.75, 3.05) is 23.9 Å². The highest BCUT2D eigenvalue weighted by Gasteiger charge is 2.17. The smallest absolute Gasteiger partial charge is 0.340 e. The maximum absolute atomic E-state index is 12.7. The molecular formula is C21H20N4O3. The Morgan fingerprint density at radius 3 is 2.50 bits per heavy atom. The molecule has 1 aromatic heterocycles. The van der Waals surface area contributed by atoms with Crippen molar-refractivity contribution in [2.45, 2.75) is 6.92 Å². The largest absolute Gasteiger partial charge is 0.462 e. The summed E-state index contributed by atoms with van der Waals surface area (Å²) in [5, 5.41) is 2.99. The number of nitrogens with zero attached hydrogens (tertiary/aromatic N) is 3. The highest BCUT2D eigenvalue weighted by atomic mass is 16.5. The molecule has 1 heterocycles. The highest BCUT2D eigenvalue weighted by molar-refractivity contribution is 6.04. The summed E-state index contributed by atoms with van der Waals surface area (Å²) in [6.07, 6.45) is 1.49. The first-order valence-corrected chi connectivity index (χ1v) is 8.79. The van der Waals surface area contributed by atoms with Crippen molar-refractivity contribution in [2.24, 2.45) is 0 Å². The lowest BCUT2D eigenvalue weighted by molar-refractivity contribution is 0.0527. The summed E-state index contributed by atoms with van der Waals surface area (Å²) in [6.45, 7) is 2.02. The number of amides is 1. The number of aromatic nitrogens is 2. The first-order chi connectivity index (χ1) is 13.6. The minimum atomic E-state index is -0.443. The lowest BCUT2D eigenvalue weighted by Crippen LogP contribution is -2.27. The molecule has 0 aliphatic carbocycles. The number of nitrogens with one attached hydrogen (secondary N) is 1. The quantitative estimate of drug-likeness (QED) is 0.661. The summed E-state index contributed by atoms with van der Waals surface area (Å²) in [6, 6.07) is 17.7. The number of esters is 1. The molecule has 0 unspecified atom stereocenters. The molecule has 0 spiro atoms. The third-order valence-electron chi connectivity index (χ3n) is 3.99. The molecule has 0 saturated carbocycles. The molecule has 0 saturated heterocycles. The Labute approximate surface area is 163 Å². The van der Waals surface area contributed by atoms with Crippen LogP contribution in [0.1, 0.15) is 27.8 Å². The van der Waals surface area contributed by atoms with E-state index in [0.29, 0.717) is 11.3 Å². The summed E-state index contributed by atoms with van der Waals surface area (Å²) in [4.78, 5) is 34.8. The maximum Gasteiger partial charge on any atom is 0.340 e. The number of rotatable bonds is 6. The zero-order valence-corrected chi connectivity index (χ0v) is 15.6. The van der Waals surface area contributed by atoms with Gasteiger partial charge in [0.2, 0.25) is 5.95 Å². The van der Waals surface area contributed by atoms with Gasteiger partial charge in [-0.05, 0) is 37.3 Å². The summed E-state index contributed by atoms with van der Waals surface area (Å²) in [5.74, 6) is -0.499. The van der Waals surface area contributed by atoms with E-state index in [-0.39, 0.29) is 24.2 Å². The van der Waals surface area contributed by atoms with Crippen molar-refractivity contribution >= 4 is 29.2 Å². The van der Waals surface area contributed by atoms with E-state index in [9.17, 15) is 9.59 Å². The normalized spacial score (nSPS) is 10.2. The standard InChI is InChI=1S/C21H20N4O3/c1-3-28-20(27)16-11-7-8-12-17(16)23-21-22-14-13-18(24-21)19(26)25(2)15-9-5-4-6-10-15/h4-14H,3H2,1-2H3,(H,22,23,24). The molecule has 3 aromatic rings. The predicted octanol–water partition coefficient (Wildman–Crippen LogP) is 3.67. The summed E-state index contributed by atoms with van der Waals surface area (Å²) in [7, 11) is 1.68. The van der Waals surface area contributed by atoms with Gasteiger partial charge >= 0.3 is 5.97 Å². The van der Waals surface area contributed by atoms with Gasteiger partial charge < -0.3 is 15.0 Å². The fourth-order valence-electron chi connectivity index (χ4n) is 2.58. The first-order valence-electron chi connectivity index (χ1n) is 8.79. The van der Waals surface area contributed by atoms with Crippen LogP contribution in [0.15, 0.2) is 66.9 Å². The van der Waals surface area contributed by atoms with Gasteiger partial charge in [-0.15, -0.1) is 0 Å². The van der Waals surface area contributed by atoms with Crippen molar-refractivity contribution in [1.29, 1.82) is 0 Å². The van der Waals surface area contributed by atoms with E-state index in [0.717, 1.165) is 5.69 Å². The van der Waals surface area contributed by atoms with E-state index in [1.807, 2.05) is 30.3 Å². The number of ether oxygens (including phenoxy) is 1. The number of carbonyl (C=O) groups excluding carboxylic acids is 2. The second-order valence-corrected chi connectivity index (χ2v) is 5.86. The van der Waals surface area contributed by atoms with E-state index < -0.39 is 5.97 Å². The van der Waals surface area contributed by atoms with Crippen LogP contribution in [0, 0.1) is 0 Å². The average molecular weight is 376 g/mol. The molecule has 0 atom stereocenters. The second-order valence-electron chi connectivity index (χ2n) is 5.86. The van der Waals surface area contributed by atoms with E-state index in [2.05, 4.69) is 15.3 Å². The lowest BCUT2D eigenvalue weighted by Gasteiger charge is -2.17. The van der Waals surface area contributed by atoms with Crippen LogP contribution in [0.4, 0.5) is 17.3 Å². The minimum absolute atomic E-state index is 0.212. The number of benzene rings is 2. The van der Waals surface area contributed by atoms with Gasteiger partial charge in [0, 0.05) is 18.9 Å². The monoisotopic (exact) mass is 376 g/mol. The van der Waals surface area contributed by atoms with Crippen molar-refractivity contribution in [1.82, 2.24) is 9.97 Å². The molecule has 3 rings (SSSR count). The van der Waals surface area contributed by atoms with Crippen molar-refractivity contribution in [3.8, 4) is 0 Å². The Morgan fingerprint density at radius 2 is 1.75 bits per heavy atom. The summed E-state index contributed by atoms with van der Waals surface area (Å²) >= 11 is 0. The zero-order valence-electron chi connectivity index (χ0n) is 15.6. The lowest BCUT2D eigenvalue weighted by atomic mass is 10.2.